The molecule has 4 nitrogen and oxygen atoms in total. The molecule has 3 aromatic rings. The van der Waals surface area contributed by atoms with Crippen LogP contribution >= 0.6 is 27.5 Å². The van der Waals surface area contributed by atoms with E-state index in [9.17, 15) is 4.79 Å². The van der Waals surface area contributed by atoms with Gasteiger partial charge in [-0.3, -0.25) is 4.79 Å². The Labute approximate surface area is 171 Å². The maximum atomic E-state index is 12.5. The molecule has 0 fully saturated rings. The van der Waals surface area contributed by atoms with Crippen molar-refractivity contribution in [1.29, 1.82) is 0 Å². The minimum Gasteiger partial charge on any atom is -0.488 e. The van der Waals surface area contributed by atoms with Crippen molar-refractivity contribution in [3.05, 3.63) is 99.0 Å². The van der Waals surface area contributed by atoms with Crippen molar-refractivity contribution < 1.29 is 9.53 Å². The molecule has 1 N–H and O–H groups in total. The van der Waals surface area contributed by atoms with E-state index >= 15 is 0 Å². The Kier molecular flexibility index (Phi) is 6.63. The quantitative estimate of drug-likeness (QED) is 0.407. The van der Waals surface area contributed by atoms with E-state index in [1.807, 2.05) is 48.5 Å². The van der Waals surface area contributed by atoms with Crippen molar-refractivity contribution in [3.63, 3.8) is 0 Å². The molecule has 3 rings (SSSR count). The number of carbonyl (C=O) groups excluding carboxylic acids is 1. The van der Waals surface area contributed by atoms with Crippen molar-refractivity contribution in [2.45, 2.75) is 6.61 Å². The second kappa shape index (κ2) is 9.35. The van der Waals surface area contributed by atoms with E-state index in [1.165, 1.54) is 6.21 Å². The monoisotopic (exact) mass is 442 g/mol. The van der Waals surface area contributed by atoms with Gasteiger partial charge < -0.3 is 4.74 Å². The van der Waals surface area contributed by atoms with E-state index in [1.54, 1.807) is 24.3 Å². The van der Waals surface area contributed by atoms with Gasteiger partial charge in [-0.25, -0.2) is 5.43 Å². The fourth-order valence-electron chi connectivity index (χ4n) is 2.35. The average molecular weight is 444 g/mol. The molecule has 0 unspecified atom stereocenters. The third-order valence-electron chi connectivity index (χ3n) is 3.65. The maximum Gasteiger partial charge on any atom is 0.275 e. The second-order valence-electron chi connectivity index (χ2n) is 5.67. The number of hydrogen-bond donors (Lipinski definition) is 1. The van der Waals surface area contributed by atoms with E-state index in [2.05, 4.69) is 26.5 Å². The zero-order chi connectivity index (χ0) is 19.1. The van der Waals surface area contributed by atoms with E-state index in [0.717, 1.165) is 15.6 Å². The zero-order valence-electron chi connectivity index (χ0n) is 14.2. The molecule has 0 aliphatic heterocycles. The summed E-state index contributed by atoms with van der Waals surface area (Å²) in [6, 6.07) is 22.2. The summed E-state index contributed by atoms with van der Waals surface area (Å²) in [6.45, 7) is 0.370. The molecule has 0 radical (unpaired) electrons. The highest BCUT2D eigenvalue weighted by Crippen LogP contribution is 2.24. The molecule has 0 heterocycles. The predicted molar refractivity (Wildman–Crippen MR) is 111 cm³/mol. The van der Waals surface area contributed by atoms with Gasteiger partial charge in [0.25, 0.3) is 5.91 Å². The second-order valence-corrected chi connectivity index (χ2v) is 7.02. The maximum absolute atomic E-state index is 12.5. The molecular weight excluding hydrogens is 428 g/mol. The number of carbonyl (C=O) groups is 1. The van der Waals surface area contributed by atoms with Crippen molar-refractivity contribution in [2.75, 3.05) is 0 Å². The number of nitrogens with one attached hydrogen (secondary N) is 1. The molecule has 6 heteroatoms. The largest absolute Gasteiger partial charge is 0.488 e. The average Bonchev–Trinajstić information content (AvgIpc) is 2.68. The van der Waals surface area contributed by atoms with Crippen LogP contribution in [0.15, 0.2) is 82.4 Å². The van der Waals surface area contributed by atoms with Crippen LogP contribution < -0.4 is 10.2 Å². The topological polar surface area (TPSA) is 50.7 Å². The molecule has 0 saturated heterocycles. The van der Waals surface area contributed by atoms with Crippen molar-refractivity contribution in [1.82, 2.24) is 5.43 Å². The first kappa shape index (κ1) is 19.1. The lowest BCUT2D eigenvalue weighted by atomic mass is 10.2. The lowest BCUT2D eigenvalue weighted by molar-refractivity contribution is 0.0950. The van der Waals surface area contributed by atoms with E-state index < -0.39 is 0 Å². The third-order valence-corrected chi connectivity index (χ3v) is 4.38. The number of nitrogens with zero attached hydrogens (tertiary/aromatic N) is 1. The Balaban J connectivity index is 1.70. The lowest BCUT2D eigenvalue weighted by Crippen LogP contribution is -2.18. The van der Waals surface area contributed by atoms with Gasteiger partial charge in [-0.15, -0.1) is 0 Å². The van der Waals surface area contributed by atoms with E-state index in [0.29, 0.717) is 22.9 Å². The van der Waals surface area contributed by atoms with Crippen LogP contribution in [0.25, 0.3) is 0 Å². The predicted octanol–water partition coefficient (Wildman–Crippen LogP) is 5.45. The Morgan fingerprint density at radius 1 is 1.07 bits per heavy atom. The van der Waals surface area contributed by atoms with Gasteiger partial charge in [-0.05, 0) is 41.5 Å². The minimum absolute atomic E-state index is 0.363. The SMILES string of the molecule is O=C(NN=Cc1cccc(Cl)c1)c1cc(Br)ccc1OCc1ccccc1. The van der Waals surface area contributed by atoms with Crippen LogP contribution in [0.3, 0.4) is 0 Å². The first-order valence-electron chi connectivity index (χ1n) is 8.17. The minimum atomic E-state index is -0.363. The normalized spacial score (nSPS) is 10.7. The summed E-state index contributed by atoms with van der Waals surface area (Å²) in [4.78, 5) is 12.5. The molecule has 0 spiro atoms. The summed E-state index contributed by atoms with van der Waals surface area (Å²) < 4.78 is 6.61. The van der Waals surface area contributed by atoms with Crippen LogP contribution in [0.1, 0.15) is 21.5 Å². The Bertz CT molecular complexity index is 961. The molecule has 3 aromatic carbocycles. The number of ether oxygens (including phenoxy) is 1. The third kappa shape index (κ3) is 5.67. The van der Waals surface area contributed by atoms with Crippen molar-refractivity contribution in [2.24, 2.45) is 5.10 Å². The molecule has 1 amide bonds. The van der Waals surface area contributed by atoms with Gasteiger partial charge in [-0.2, -0.15) is 5.10 Å². The standard InChI is InChI=1S/C21H16BrClN2O2/c22-17-9-10-20(27-14-15-5-2-1-3-6-15)19(12-17)21(26)25-24-13-16-7-4-8-18(23)11-16/h1-13H,14H2,(H,25,26). The first-order chi connectivity index (χ1) is 13.1. The first-order valence-corrected chi connectivity index (χ1v) is 9.34. The molecule has 27 heavy (non-hydrogen) atoms. The smallest absolute Gasteiger partial charge is 0.275 e. The van der Waals surface area contributed by atoms with Crippen LogP contribution in [0.2, 0.25) is 5.02 Å². The highest BCUT2D eigenvalue weighted by atomic mass is 79.9. The summed E-state index contributed by atoms with van der Waals surface area (Å²) in [5.41, 5.74) is 4.72. The van der Waals surface area contributed by atoms with Gasteiger partial charge in [-0.1, -0.05) is 70.0 Å². The molecule has 0 saturated carbocycles. The van der Waals surface area contributed by atoms with Crippen LogP contribution in [0.4, 0.5) is 0 Å². The molecule has 0 atom stereocenters. The van der Waals surface area contributed by atoms with Crippen LogP contribution in [-0.4, -0.2) is 12.1 Å². The van der Waals surface area contributed by atoms with Gasteiger partial charge in [0.1, 0.15) is 12.4 Å². The lowest BCUT2D eigenvalue weighted by Gasteiger charge is -2.11. The van der Waals surface area contributed by atoms with E-state index in [-0.39, 0.29) is 5.91 Å². The number of benzene rings is 3. The number of rotatable bonds is 6. The van der Waals surface area contributed by atoms with Gasteiger partial charge in [0.2, 0.25) is 0 Å². The Morgan fingerprint density at radius 2 is 1.89 bits per heavy atom. The summed E-state index contributed by atoms with van der Waals surface area (Å²) in [7, 11) is 0. The van der Waals surface area contributed by atoms with Crippen molar-refractivity contribution in [3.8, 4) is 5.75 Å². The van der Waals surface area contributed by atoms with E-state index in [4.69, 9.17) is 16.3 Å². The fraction of sp³-hybridized carbons (Fsp3) is 0.0476. The van der Waals surface area contributed by atoms with Gasteiger partial charge in [0, 0.05) is 9.50 Å². The Hall–Kier alpha value is -2.63. The zero-order valence-corrected chi connectivity index (χ0v) is 16.6. The molecule has 0 bridgehead atoms. The number of hydrazone groups is 1. The summed E-state index contributed by atoms with van der Waals surface area (Å²) in [5, 5.41) is 4.60. The van der Waals surface area contributed by atoms with Crippen LogP contribution in [-0.2, 0) is 6.61 Å². The van der Waals surface area contributed by atoms with Gasteiger partial charge in [0.15, 0.2) is 0 Å². The van der Waals surface area contributed by atoms with Gasteiger partial charge >= 0.3 is 0 Å². The van der Waals surface area contributed by atoms with Crippen LogP contribution in [0, 0.1) is 0 Å². The summed E-state index contributed by atoms with van der Waals surface area (Å²) in [6.07, 6.45) is 1.53. The van der Waals surface area contributed by atoms with Crippen LogP contribution in [0.5, 0.6) is 5.75 Å². The summed E-state index contributed by atoms with van der Waals surface area (Å²) >= 11 is 9.32. The summed E-state index contributed by atoms with van der Waals surface area (Å²) in [5.74, 6) is 0.121. The highest BCUT2D eigenvalue weighted by Gasteiger charge is 2.13. The fourth-order valence-corrected chi connectivity index (χ4v) is 2.91. The number of amides is 1. The molecule has 0 aliphatic rings. The van der Waals surface area contributed by atoms with Crippen molar-refractivity contribution >= 4 is 39.7 Å². The molecule has 0 aliphatic carbocycles. The Morgan fingerprint density at radius 3 is 2.67 bits per heavy atom. The van der Waals surface area contributed by atoms with Gasteiger partial charge in [0.05, 0.1) is 11.8 Å². The number of hydrogen-bond acceptors (Lipinski definition) is 3. The molecule has 136 valence electrons. The molecule has 0 aromatic heterocycles. The number of halogens is 2. The molecular formula is C21H16BrClN2O2. The highest BCUT2D eigenvalue weighted by molar-refractivity contribution is 9.10.